The molecule has 3 rings (SSSR count). The molecule has 2 fully saturated rings. The third-order valence-corrected chi connectivity index (χ3v) is 4.38. The highest BCUT2D eigenvalue weighted by atomic mass is 16.5. The molecule has 118 valence electrons. The maximum Gasteiger partial charge on any atom is 0.249 e. The molecule has 2 aliphatic rings. The van der Waals surface area contributed by atoms with Gasteiger partial charge >= 0.3 is 0 Å². The van der Waals surface area contributed by atoms with E-state index >= 15 is 0 Å². The van der Waals surface area contributed by atoms with Gasteiger partial charge in [-0.05, 0) is 5.56 Å². The Balaban J connectivity index is 1.75. The number of benzene rings is 1. The minimum Gasteiger partial charge on any atom is -0.364 e. The predicted octanol–water partition coefficient (Wildman–Crippen LogP) is 1.28. The Morgan fingerprint density at radius 2 is 2.00 bits per heavy atom. The van der Waals surface area contributed by atoms with Gasteiger partial charge in [0.1, 0.15) is 6.61 Å². The number of likely N-dealkylation sites (tertiary alicyclic amines) is 1. The zero-order valence-corrected chi connectivity index (χ0v) is 13.1. The van der Waals surface area contributed by atoms with Crippen LogP contribution in [0.5, 0.6) is 0 Å². The van der Waals surface area contributed by atoms with Crippen LogP contribution in [0, 0.1) is 5.92 Å². The normalized spacial score (nSPS) is 24.8. The number of ether oxygens (including phenoxy) is 1. The van der Waals surface area contributed by atoms with Gasteiger partial charge in [-0.3, -0.25) is 9.59 Å². The molecule has 0 unspecified atom stereocenters. The fourth-order valence-corrected chi connectivity index (χ4v) is 3.20. The molecular weight excluding hydrogens is 280 g/mol. The monoisotopic (exact) mass is 302 g/mol. The van der Waals surface area contributed by atoms with Gasteiger partial charge in [0.05, 0.1) is 12.1 Å². The fraction of sp³-hybridized carbons (Fsp3) is 0.529. The van der Waals surface area contributed by atoms with Crippen molar-refractivity contribution in [2.45, 2.75) is 32.5 Å². The van der Waals surface area contributed by atoms with E-state index in [1.54, 1.807) is 0 Å². The second-order valence-electron chi connectivity index (χ2n) is 6.32. The summed E-state index contributed by atoms with van der Waals surface area (Å²) in [7, 11) is 0. The van der Waals surface area contributed by atoms with Crippen molar-refractivity contribution >= 4 is 11.8 Å². The van der Waals surface area contributed by atoms with Crippen molar-refractivity contribution in [3.05, 3.63) is 35.9 Å². The largest absolute Gasteiger partial charge is 0.364 e. The Morgan fingerprint density at radius 1 is 1.27 bits per heavy atom. The van der Waals surface area contributed by atoms with Crippen LogP contribution in [-0.2, 0) is 20.9 Å². The molecule has 0 aliphatic carbocycles. The summed E-state index contributed by atoms with van der Waals surface area (Å²) in [6.45, 7) is 5.64. The highest BCUT2D eigenvalue weighted by molar-refractivity contribution is 5.81. The van der Waals surface area contributed by atoms with E-state index in [1.807, 2.05) is 54.0 Å². The first-order valence-electron chi connectivity index (χ1n) is 7.80. The number of amides is 2. The van der Waals surface area contributed by atoms with Gasteiger partial charge in [0.15, 0.2) is 0 Å². The average Bonchev–Trinajstić information content (AvgIpc) is 2.94. The molecule has 0 N–H and O–H groups in total. The van der Waals surface area contributed by atoms with Crippen LogP contribution in [0.3, 0.4) is 0 Å². The standard InChI is InChI=1S/C17H22N2O3/c1-12(2)17(21)18-9-14-15(10-18)22-11-16(20)19(14)8-13-6-4-3-5-7-13/h3-7,12,14-15H,8-11H2,1-2H3/t14-,15-/m1/s1. The summed E-state index contributed by atoms with van der Waals surface area (Å²) >= 11 is 0. The average molecular weight is 302 g/mol. The summed E-state index contributed by atoms with van der Waals surface area (Å²) in [5, 5.41) is 0. The molecule has 2 amide bonds. The van der Waals surface area contributed by atoms with Gasteiger partial charge in [0, 0.05) is 25.6 Å². The summed E-state index contributed by atoms with van der Waals surface area (Å²) in [4.78, 5) is 28.2. The Hall–Kier alpha value is -1.88. The van der Waals surface area contributed by atoms with E-state index in [4.69, 9.17) is 4.74 Å². The van der Waals surface area contributed by atoms with Crippen LogP contribution in [-0.4, -0.2) is 53.5 Å². The number of fused-ring (bicyclic) bond motifs is 1. The quantitative estimate of drug-likeness (QED) is 0.845. The van der Waals surface area contributed by atoms with Gasteiger partial charge in [-0.1, -0.05) is 44.2 Å². The number of nitrogens with zero attached hydrogens (tertiary/aromatic N) is 2. The Labute approximate surface area is 130 Å². The second kappa shape index (κ2) is 6.08. The zero-order chi connectivity index (χ0) is 15.7. The molecule has 5 heteroatoms. The van der Waals surface area contributed by atoms with Gasteiger partial charge in [-0.25, -0.2) is 0 Å². The van der Waals surface area contributed by atoms with E-state index in [9.17, 15) is 9.59 Å². The lowest BCUT2D eigenvalue weighted by molar-refractivity contribution is -0.153. The van der Waals surface area contributed by atoms with Gasteiger partial charge in [0.25, 0.3) is 0 Å². The van der Waals surface area contributed by atoms with Crippen LogP contribution < -0.4 is 0 Å². The molecule has 0 aromatic heterocycles. The number of carbonyl (C=O) groups is 2. The van der Waals surface area contributed by atoms with E-state index < -0.39 is 0 Å². The van der Waals surface area contributed by atoms with Crippen molar-refractivity contribution in [3.63, 3.8) is 0 Å². The maximum absolute atomic E-state index is 12.2. The van der Waals surface area contributed by atoms with Gasteiger partial charge in [-0.2, -0.15) is 0 Å². The molecule has 2 aliphatic heterocycles. The first-order valence-corrected chi connectivity index (χ1v) is 7.80. The van der Waals surface area contributed by atoms with Crippen molar-refractivity contribution < 1.29 is 14.3 Å². The first-order chi connectivity index (χ1) is 10.6. The SMILES string of the molecule is CC(C)C(=O)N1C[C@@H]2[C@@H](C1)OCC(=O)N2Cc1ccccc1. The Bertz CT molecular complexity index is 558. The number of rotatable bonds is 3. The number of morpholine rings is 1. The van der Waals surface area contributed by atoms with E-state index in [0.29, 0.717) is 19.6 Å². The summed E-state index contributed by atoms with van der Waals surface area (Å²) in [5.74, 6) is 0.104. The molecule has 0 saturated carbocycles. The Kier molecular flexibility index (Phi) is 4.16. The molecule has 0 radical (unpaired) electrons. The van der Waals surface area contributed by atoms with E-state index in [2.05, 4.69) is 0 Å². The van der Waals surface area contributed by atoms with E-state index in [-0.39, 0.29) is 36.5 Å². The number of hydrogen-bond acceptors (Lipinski definition) is 3. The molecule has 2 saturated heterocycles. The number of carbonyl (C=O) groups excluding carboxylic acids is 2. The topological polar surface area (TPSA) is 49.9 Å². The third kappa shape index (κ3) is 2.86. The van der Waals surface area contributed by atoms with Crippen LogP contribution in [0.4, 0.5) is 0 Å². The molecule has 1 aromatic rings. The van der Waals surface area contributed by atoms with Crippen molar-refractivity contribution in [1.82, 2.24) is 9.80 Å². The molecule has 2 atom stereocenters. The zero-order valence-electron chi connectivity index (χ0n) is 13.1. The first kappa shape index (κ1) is 15.0. The smallest absolute Gasteiger partial charge is 0.249 e. The second-order valence-corrected chi connectivity index (χ2v) is 6.32. The lowest BCUT2D eigenvalue weighted by Crippen LogP contribution is -2.53. The van der Waals surface area contributed by atoms with Crippen molar-refractivity contribution in [3.8, 4) is 0 Å². The summed E-state index contributed by atoms with van der Waals surface area (Å²) < 4.78 is 5.66. The minimum absolute atomic E-state index is 0.00366. The van der Waals surface area contributed by atoms with E-state index in [1.165, 1.54) is 0 Å². The van der Waals surface area contributed by atoms with Crippen LogP contribution in [0.2, 0.25) is 0 Å². The lowest BCUT2D eigenvalue weighted by Gasteiger charge is -2.36. The molecule has 0 bridgehead atoms. The molecule has 1 aromatic carbocycles. The third-order valence-electron chi connectivity index (χ3n) is 4.38. The van der Waals surface area contributed by atoms with Gasteiger partial charge in [0.2, 0.25) is 11.8 Å². The Morgan fingerprint density at radius 3 is 2.68 bits per heavy atom. The van der Waals surface area contributed by atoms with Crippen LogP contribution in [0.15, 0.2) is 30.3 Å². The highest BCUT2D eigenvalue weighted by Crippen LogP contribution is 2.26. The van der Waals surface area contributed by atoms with Gasteiger partial charge in [-0.15, -0.1) is 0 Å². The summed E-state index contributed by atoms with van der Waals surface area (Å²) in [5.41, 5.74) is 1.10. The minimum atomic E-state index is -0.0656. The predicted molar refractivity (Wildman–Crippen MR) is 81.9 cm³/mol. The fourth-order valence-electron chi connectivity index (χ4n) is 3.20. The summed E-state index contributed by atoms with van der Waals surface area (Å²) in [6.07, 6.45) is -0.0656. The molecule has 0 spiro atoms. The van der Waals surface area contributed by atoms with E-state index in [0.717, 1.165) is 5.56 Å². The maximum atomic E-state index is 12.2. The van der Waals surface area contributed by atoms with Crippen LogP contribution >= 0.6 is 0 Å². The molecule has 5 nitrogen and oxygen atoms in total. The molecular formula is C17H22N2O3. The van der Waals surface area contributed by atoms with Crippen molar-refractivity contribution in [1.29, 1.82) is 0 Å². The van der Waals surface area contributed by atoms with Crippen molar-refractivity contribution in [2.24, 2.45) is 5.92 Å². The highest BCUT2D eigenvalue weighted by Gasteiger charge is 2.44. The van der Waals surface area contributed by atoms with Crippen LogP contribution in [0.25, 0.3) is 0 Å². The molecule has 22 heavy (non-hydrogen) atoms. The van der Waals surface area contributed by atoms with Gasteiger partial charge < -0.3 is 14.5 Å². The number of hydrogen-bond donors (Lipinski definition) is 0. The summed E-state index contributed by atoms with van der Waals surface area (Å²) in [6, 6.07) is 9.91. The lowest BCUT2D eigenvalue weighted by atomic mass is 10.1. The molecule has 2 heterocycles. The van der Waals surface area contributed by atoms with Crippen molar-refractivity contribution in [2.75, 3.05) is 19.7 Å². The van der Waals surface area contributed by atoms with Crippen LogP contribution in [0.1, 0.15) is 19.4 Å².